The lowest BCUT2D eigenvalue weighted by Crippen LogP contribution is -2.33. The number of rotatable bonds is 7. The summed E-state index contributed by atoms with van der Waals surface area (Å²) in [4.78, 5) is 11.5. The van der Waals surface area contributed by atoms with E-state index >= 15 is 0 Å². The van der Waals surface area contributed by atoms with Gasteiger partial charge < -0.3 is 21.1 Å². The molecule has 0 aliphatic heterocycles. The fraction of sp³-hybridized carbons (Fsp3) is 0.588. The number of amides is 1. The third-order valence-corrected chi connectivity index (χ3v) is 3.11. The second-order valence-electron chi connectivity index (χ2n) is 6.51. The fourth-order valence-corrected chi connectivity index (χ4v) is 1.82. The second-order valence-corrected chi connectivity index (χ2v) is 6.51. The van der Waals surface area contributed by atoms with Crippen LogP contribution in [0.2, 0.25) is 0 Å². The molecule has 22 heavy (non-hydrogen) atoms. The summed E-state index contributed by atoms with van der Waals surface area (Å²) in [5, 5.41) is 6.11. The van der Waals surface area contributed by atoms with Crippen LogP contribution in [0, 0.1) is 0 Å². The van der Waals surface area contributed by atoms with Gasteiger partial charge in [0.25, 0.3) is 0 Å². The third-order valence-electron chi connectivity index (χ3n) is 3.11. The summed E-state index contributed by atoms with van der Waals surface area (Å²) < 4.78 is 5.19. The van der Waals surface area contributed by atoms with Crippen LogP contribution in [-0.4, -0.2) is 30.8 Å². The summed E-state index contributed by atoms with van der Waals surface area (Å²) in [6, 6.07) is 8.68. The van der Waals surface area contributed by atoms with Crippen LogP contribution in [0.15, 0.2) is 24.3 Å². The van der Waals surface area contributed by atoms with Crippen molar-refractivity contribution in [2.45, 2.75) is 52.3 Å². The number of benzene rings is 1. The molecule has 0 saturated heterocycles. The lowest BCUT2D eigenvalue weighted by Gasteiger charge is -2.19. The largest absolute Gasteiger partial charge is 0.444 e. The number of nitrogens with two attached hydrogens (primary N) is 1. The van der Waals surface area contributed by atoms with E-state index in [1.807, 2.05) is 20.8 Å². The predicted octanol–water partition coefficient (Wildman–Crippen LogP) is 2.19. The summed E-state index contributed by atoms with van der Waals surface area (Å²) in [5.74, 6) is 0. The number of carbonyl (C=O) groups is 1. The zero-order chi connectivity index (χ0) is 16.6. The van der Waals surface area contributed by atoms with Crippen molar-refractivity contribution >= 4 is 6.09 Å². The lowest BCUT2D eigenvalue weighted by atomic mass is 10.1. The van der Waals surface area contributed by atoms with Crippen molar-refractivity contribution in [2.24, 2.45) is 5.73 Å². The highest BCUT2D eigenvalue weighted by Crippen LogP contribution is 2.07. The summed E-state index contributed by atoms with van der Waals surface area (Å²) >= 11 is 0. The maximum Gasteiger partial charge on any atom is 0.407 e. The van der Waals surface area contributed by atoms with Gasteiger partial charge in [-0.15, -0.1) is 0 Å². The summed E-state index contributed by atoms with van der Waals surface area (Å²) in [7, 11) is 0. The molecule has 0 bridgehead atoms. The van der Waals surface area contributed by atoms with Gasteiger partial charge in [-0.1, -0.05) is 24.3 Å². The molecule has 1 aromatic carbocycles. The zero-order valence-electron chi connectivity index (χ0n) is 14.1. The molecule has 5 heteroatoms. The molecule has 0 saturated carbocycles. The third kappa shape index (κ3) is 8.00. The Balaban J connectivity index is 2.31. The molecule has 5 nitrogen and oxygen atoms in total. The zero-order valence-corrected chi connectivity index (χ0v) is 14.1. The van der Waals surface area contributed by atoms with Gasteiger partial charge >= 0.3 is 6.09 Å². The Morgan fingerprint density at radius 1 is 1.23 bits per heavy atom. The molecule has 0 fully saturated rings. The van der Waals surface area contributed by atoms with Gasteiger partial charge in [0.1, 0.15) is 5.60 Å². The van der Waals surface area contributed by atoms with Gasteiger partial charge in [-0.05, 0) is 45.2 Å². The second kappa shape index (κ2) is 8.76. The van der Waals surface area contributed by atoms with Crippen LogP contribution in [0.3, 0.4) is 0 Å². The summed E-state index contributed by atoms with van der Waals surface area (Å²) in [6.45, 7) is 9.64. The van der Waals surface area contributed by atoms with Crippen molar-refractivity contribution in [1.29, 1.82) is 0 Å². The first kappa shape index (κ1) is 18.5. The van der Waals surface area contributed by atoms with E-state index in [0.29, 0.717) is 19.1 Å². The van der Waals surface area contributed by atoms with Crippen molar-refractivity contribution < 1.29 is 9.53 Å². The molecular formula is C17H29N3O2. The van der Waals surface area contributed by atoms with Gasteiger partial charge in [0.05, 0.1) is 0 Å². The molecule has 124 valence electrons. The van der Waals surface area contributed by atoms with E-state index in [-0.39, 0.29) is 6.09 Å². The van der Waals surface area contributed by atoms with E-state index in [1.165, 1.54) is 11.1 Å². The molecule has 0 spiro atoms. The van der Waals surface area contributed by atoms with Crippen LogP contribution in [0.4, 0.5) is 4.79 Å². The summed E-state index contributed by atoms with van der Waals surface area (Å²) in [6.07, 6.45) is 0.413. The van der Waals surface area contributed by atoms with Crippen LogP contribution < -0.4 is 16.4 Å². The van der Waals surface area contributed by atoms with E-state index in [1.54, 1.807) is 0 Å². The highest BCUT2D eigenvalue weighted by Gasteiger charge is 2.15. The lowest BCUT2D eigenvalue weighted by molar-refractivity contribution is 0.0528. The first-order chi connectivity index (χ1) is 10.3. The first-order valence-electron chi connectivity index (χ1n) is 7.78. The van der Waals surface area contributed by atoms with Crippen molar-refractivity contribution in [1.82, 2.24) is 10.6 Å². The van der Waals surface area contributed by atoms with Gasteiger partial charge in [0.15, 0.2) is 0 Å². The van der Waals surface area contributed by atoms with Gasteiger partial charge in [0, 0.05) is 25.7 Å². The van der Waals surface area contributed by atoms with Crippen molar-refractivity contribution in [3.05, 3.63) is 35.4 Å². The minimum absolute atomic E-state index is 0.317. The smallest absolute Gasteiger partial charge is 0.407 e. The Bertz CT molecular complexity index is 452. The maximum atomic E-state index is 11.5. The molecule has 1 rings (SSSR count). The SMILES string of the molecule is CC(CN)NCc1ccc(CCNC(=O)OC(C)(C)C)cc1. The Labute approximate surface area is 133 Å². The molecular weight excluding hydrogens is 278 g/mol. The molecule has 4 N–H and O–H groups in total. The first-order valence-corrected chi connectivity index (χ1v) is 7.78. The van der Waals surface area contributed by atoms with Gasteiger partial charge in [-0.3, -0.25) is 0 Å². The van der Waals surface area contributed by atoms with E-state index < -0.39 is 5.60 Å². The van der Waals surface area contributed by atoms with Crippen LogP contribution in [0.25, 0.3) is 0 Å². The van der Waals surface area contributed by atoms with E-state index in [0.717, 1.165) is 13.0 Å². The van der Waals surface area contributed by atoms with Crippen molar-refractivity contribution in [3.8, 4) is 0 Å². The number of hydrogen-bond acceptors (Lipinski definition) is 4. The molecule has 1 atom stereocenters. The number of nitrogens with one attached hydrogen (secondary N) is 2. The number of hydrogen-bond donors (Lipinski definition) is 3. The average Bonchev–Trinajstić information content (AvgIpc) is 2.44. The van der Waals surface area contributed by atoms with Gasteiger partial charge in [-0.2, -0.15) is 0 Å². The van der Waals surface area contributed by atoms with Crippen LogP contribution in [0.5, 0.6) is 0 Å². The minimum Gasteiger partial charge on any atom is -0.444 e. The monoisotopic (exact) mass is 307 g/mol. The minimum atomic E-state index is -0.459. The topological polar surface area (TPSA) is 76.4 Å². The predicted molar refractivity (Wildman–Crippen MR) is 89.7 cm³/mol. The van der Waals surface area contributed by atoms with E-state index in [9.17, 15) is 4.79 Å². The Morgan fingerprint density at radius 3 is 2.36 bits per heavy atom. The van der Waals surface area contributed by atoms with E-state index in [2.05, 4.69) is 41.8 Å². The Morgan fingerprint density at radius 2 is 1.82 bits per heavy atom. The van der Waals surface area contributed by atoms with Crippen LogP contribution in [-0.2, 0) is 17.7 Å². The molecule has 0 radical (unpaired) electrons. The van der Waals surface area contributed by atoms with Gasteiger partial charge in [-0.25, -0.2) is 4.79 Å². The molecule has 0 aliphatic rings. The molecule has 0 aliphatic carbocycles. The maximum absolute atomic E-state index is 11.5. The van der Waals surface area contributed by atoms with Crippen molar-refractivity contribution in [3.63, 3.8) is 0 Å². The van der Waals surface area contributed by atoms with Crippen LogP contribution >= 0.6 is 0 Å². The van der Waals surface area contributed by atoms with E-state index in [4.69, 9.17) is 10.5 Å². The Kier molecular flexibility index (Phi) is 7.35. The highest BCUT2D eigenvalue weighted by molar-refractivity contribution is 5.67. The molecule has 1 amide bonds. The van der Waals surface area contributed by atoms with Crippen LogP contribution in [0.1, 0.15) is 38.8 Å². The number of carbonyl (C=O) groups excluding carboxylic acids is 1. The number of alkyl carbamates (subject to hydrolysis) is 1. The summed E-state index contributed by atoms with van der Waals surface area (Å²) in [5.41, 5.74) is 7.52. The standard InChI is InChI=1S/C17H29N3O2/c1-13(11-18)20-12-15-7-5-14(6-8-15)9-10-19-16(21)22-17(2,3)4/h5-8,13,20H,9-12,18H2,1-4H3,(H,19,21). The average molecular weight is 307 g/mol. The molecule has 1 aromatic rings. The normalized spacial score (nSPS) is 12.8. The molecule has 0 heterocycles. The fourth-order valence-electron chi connectivity index (χ4n) is 1.82. The van der Waals surface area contributed by atoms with Gasteiger partial charge in [0.2, 0.25) is 0 Å². The number of ether oxygens (including phenoxy) is 1. The quantitative estimate of drug-likeness (QED) is 0.722. The Hall–Kier alpha value is -1.59. The van der Waals surface area contributed by atoms with Crippen molar-refractivity contribution in [2.75, 3.05) is 13.1 Å². The molecule has 0 aromatic heterocycles. The highest BCUT2D eigenvalue weighted by atomic mass is 16.6. The molecule has 1 unspecified atom stereocenters.